The lowest BCUT2D eigenvalue weighted by Crippen LogP contribution is -2.32. The molecule has 2 aromatic rings. The van der Waals surface area contributed by atoms with Gasteiger partial charge in [0.25, 0.3) is 0 Å². The van der Waals surface area contributed by atoms with Gasteiger partial charge in [0.2, 0.25) is 0 Å². The molecule has 0 bridgehead atoms. The molecule has 0 saturated heterocycles. The van der Waals surface area contributed by atoms with Crippen LogP contribution in [-0.4, -0.2) is 17.6 Å². The van der Waals surface area contributed by atoms with Gasteiger partial charge in [-0.2, -0.15) is 0 Å². The van der Waals surface area contributed by atoms with E-state index in [9.17, 15) is 4.79 Å². The van der Waals surface area contributed by atoms with Gasteiger partial charge < -0.3 is 10.4 Å². The lowest BCUT2D eigenvalue weighted by Gasteiger charge is -2.13. The van der Waals surface area contributed by atoms with Crippen LogP contribution in [0.15, 0.2) is 53.4 Å². The summed E-state index contributed by atoms with van der Waals surface area (Å²) in [4.78, 5) is 11.7. The van der Waals surface area contributed by atoms with E-state index in [1.807, 2.05) is 18.2 Å². The van der Waals surface area contributed by atoms with Crippen LogP contribution in [0.3, 0.4) is 0 Å². The van der Waals surface area contributed by atoms with Crippen molar-refractivity contribution in [1.82, 2.24) is 5.32 Å². The number of fused-ring (bicyclic) bond motifs is 2. The van der Waals surface area contributed by atoms with Crippen LogP contribution in [0.25, 0.3) is 10.1 Å². The second kappa shape index (κ2) is 9.15. The number of carboxylic acid groups (broad SMARTS) is 1. The Balaban J connectivity index is 1.78. The maximum absolute atomic E-state index is 10.6. The van der Waals surface area contributed by atoms with Crippen LogP contribution in [0.1, 0.15) is 37.7 Å². The zero-order valence-electron chi connectivity index (χ0n) is 14.5. The molecule has 136 valence electrons. The highest BCUT2D eigenvalue weighted by atomic mass is 35.5. The molecule has 0 saturated carbocycles. The first-order valence-corrected chi connectivity index (χ1v) is 10.1. The van der Waals surface area contributed by atoms with Gasteiger partial charge in [0, 0.05) is 33.9 Å². The quantitative estimate of drug-likeness (QED) is 0.675. The second-order valence-corrected chi connectivity index (χ2v) is 7.93. The summed E-state index contributed by atoms with van der Waals surface area (Å²) in [5.41, 5.74) is 2.29. The zero-order chi connectivity index (χ0) is 18.4. The van der Waals surface area contributed by atoms with Crippen molar-refractivity contribution in [1.29, 1.82) is 0 Å². The maximum Gasteiger partial charge on any atom is 0.303 e. The number of thioether (sulfide) groups is 1. The van der Waals surface area contributed by atoms with Gasteiger partial charge in [-0.3, -0.25) is 4.79 Å². The van der Waals surface area contributed by atoms with Crippen molar-refractivity contribution in [3.63, 3.8) is 0 Å². The molecule has 26 heavy (non-hydrogen) atoms. The molecule has 0 unspecified atom stereocenters. The molecule has 0 aliphatic carbocycles. The molecule has 0 atom stereocenters. The minimum Gasteiger partial charge on any atom is -0.481 e. The van der Waals surface area contributed by atoms with E-state index >= 15 is 0 Å². The predicted molar refractivity (Wildman–Crippen MR) is 108 cm³/mol. The van der Waals surface area contributed by atoms with E-state index in [-0.39, 0.29) is 6.42 Å². The van der Waals surface area contributed by atoms with E-state index in [4.69, 9.17) is 16.7 Å². The van der Waals surface area contributed by atoms with Crippen LogP contribution >= 0.6 is 23.4 Å². The molecule has 5 heteroatoms. The van der Waals surface area contributed by atoms with Crippen molar-refractivity contribution >= 4 is 39.4 Å². The molecule has 2 aromatic carbocycles. The largest absolute Gasteiger partial charge is 0.481 e. The normalized spacial score (nSPS) is 13.0. The predicted octanol–water partition coefficient (Wildman–Crippen LogP) is 3.88. The molecule has 1 heterocycles. The fourth-order valence-electron chi connectivity index (χ4n) is 3.09. The van der Waals surface area contributed by atoms with Gasteiger partial charge in [-0.25, -0.2) is 0 Å². The number of hydrogen-bond acceptors (Lipinski definition) is 3. The molecule has 1 aliphatic rings. The molecular formula is C21H22ClNO2S. The minimum absolute atomic E-state index is 0.261. The molecule has 0 radical (unpaired) electrons. The maximum atomic E-state index is 10.6. The molecule has 3 nitrogen and oxygen atoms in total. The Hall–Kier alpha value is -1.91. The van der Waals surface area contributed by atoms with E-state index in [0.29, 0.717) is 0 Å². The molecular weight excluding hydrogens is 366 g/mol. The summed E-state index contributed by atoms with van der Waals surface area (Å²) in [6.07, 6.45) is 4.00. The van der Waals surface area contributed by atoms with Gasteiger partial charge in [-0.05, 0) is 18.9 Å². The summed E-state index contributed by atoms with van der Waals surface area (Å²) in [5, 5.41) is 14.5. The Bertz CT molecular complexity index is 910. The van der Waals surface area contributed by atoms with Crippen molar-refractivity contribution in [3.8, 4) is 0 Å². The lowest BCUT2D eigenvalue weighted by molar-refractivity contribution is -0.137. The van der Waals surface area contributed by atoms with Gasteiger partial charge >= 0.3 is 5.97 Å². The van der Waals surface area contributed by atoms with Crippen molar-refractivity contribution in [2.24, 2.45) is 0 Å². The van der Waals surface area contributed by atoms with E-state index in [0.717, 1.165) is 57.6 Å². The Morgan fingerprint density at radius 3 is 2.46 bits per heavy atom. The topological polar surface area (TPSA) is 49.3 Å². The number of aliphatic carboxylic acids is 1. The van der Waals surface area contributed by atoms with Crippen LogP contribution < -0.4 is 15.8 Å². The number of carbonyl (C=O) groups is 1. The summed E-state index contributed by atoms with van der Waals surface area (Å²) in [6, 6.07) is 16.5. The lowest BCUT2D eigenvalue weighted by atomic mass is 10.1. The molecule has 0 aromatic heterocycles. The van der Waals surface area contributed by atoms with Crippen LogP contribution in [0, 0.1) is 0 Å². The Morgan fingerprint density at radius 1 is 0.962 bits per heavy atom. The first-order chi connectivity index (χ1) is 12.7. The van der Waals surface area contributed by atoms with E-state index < -0.39 is 5.97 Å². The van der Waals surface area contributed by atoms with Crippen LogP contribution in [0.5, 0.6) is 0 Å². The fraction of sp³-hybridized carbons (Fsp3) is 0.286. The molecule has 3 rings (SSSR count). The van der Waals surface area contributed by atoms with Gasteiger partial charge in [0.15, 0.2) is 0 Å². The Kier molecular flexibility index (Phi) is 6.64. The average Bonchev–Trinajstić information content (AvgIpc) is 2.76. The third-order valence-electron chi connectivity index (χ3n) is 4.38. The molecule has 0 fully saturated rings. The Labute approximate surface area is 162 Å². The number of nitrogens with one attached hydrogen (secondary N) is 1. The number of halogens is 1. The van der Waals surface area contributed by atoms with Gasteiger partial charge in [-0.15, -0.1) is 0 Å². The van der Waals surface area contributed by atoms with Crippen LogP contribution in [0.4, 0.5) is 0 Å². The number of hydrogen-bond donors (Lipinski definition) is 2. The summed E-state index contributed by atoms with van der Waals surface area (Å²) in [7, 11) is 0. The summed E-state index contributed by atoms with van der Waals surface area (Å²) in [6.45, 7) is 0.855. The minimum atomic E-state index is -0.712. The van der Waals surface area contributed by atoms with E-state index in [2.05, 4.69) is 35.6 Å². The summed E-state index contributed by atoms with van der Waals surface area (Å²) in [5.74, 6) is -0.712. The van der Waals surface area contributed by atoms with E-state index in [1.165, 1.54) is 5.56 Å². The van der Waals surface area contributed by atoms with Gasteiger partial charge in [-0.1, -0.05) is 78.7 Å². The summed E-state index contributed by atoms with van der Waals surface area (Å²) >= 11 is 8.18. The van der Waals surface area contributed by atoms with Crippen LogP contribution in [0.2, 0.25) is 0 Å². The van der Waals surface area contributed by atoms with Gasteiger partial charge in [0.05, 0.1) is 10.1 Å². The Morgan fingerprint density at radius 2 is 1.65 bits per heavy atom. The molecule has 1 aliphatic heterocycles. The van der Waals surface area contributed by atoms with Gasteiger partial charge in [0.1, 0.15) is 0 Å². The van der Waals surface area contributed by atoms with Crippen molar-refractivity contribution in [3.05, 3.63) is 64.5 Å². The summed E-state index contributed by atoms with van der Waals surface area (Å²) < 4.78 is 0.790. The first kappa shape index (κ1) is 18.9. The number of rotatable bonds is 8. The highest BCUT2D eigenvalue weighted by molar-refractivity contribution is 8.10. The smallest absolute Gasteiger partial charge is 0.303 e. The average molecular weight is 388 g/mol. The zero-order valence-corrected chi connectivity index (χ0v) is 16.1. The van der Waals surface area contributed by atoms with Crippen molar-refractivity contribution in [2.45, 2.75) is 37.0 Å². The number of benzene rings is 2. The third-order valence-corrected chi connectivity index (χ3v) is 5.79. The second-order valence-electron chi connectivity index (χ2n) is 6.28. The fourth-order valence-corrected chi connectivity index (χ4v) is 4.41. The first-order valence-electron chi connectivity index (χ1n) is 8.89. The SMILES string of the molecule is O=C(O)CCCCCCNC1=c2ccccc2=C(Cl)Sc2ccccc21. The highest BCUT2D eigenvalue weighted by Gasteiger charge is 2.15. The monoisotopic (exact) mass is 387 g/mol. The van der Waals surface area contributed by atoms with Crippen LogP contribution in [-0.2, 0) is 4.79 Å². The van der Waals surface area contributed by atoms with E-state index in [1.54, 1.807) is 11.8 Å². The molecule has 2 N–H and O–H groups in total. The van der Waals surface area contributed by atoms with Crippen molar-refractivity contribution < 1.29 is 9.90 Å². The standard InChI is InChI=1S/C21H22ClNO2S/c22-21-16-10-5-4-9-15(16)20(17-11-6-7-12-18(17)26-21)23-14-8-2-1-3-13-19(24)25/h4-7,9-12,23H,1-3,8,13-14H2,(H,24,25). The number of carboxylic acids is 1. The molecule has 0 spiro atoms. The van der Waals surface area contributed by atoms with Crippen molar-refractivity contribution in [2.75, 3.05) is 6.54 Å². The third kappa shape index (κ3) is 4.63. The molecule has 0 amide bonds. The highest BCUT2D eigenvalue weighted by Crippen LogP contribution is 2.35. The number of unbranched alkanes of at least 4 members (excludes halogenated alkanes) is 3.